The minimum absolute atomic E-state index is 0.114. The van der Waals surface area contributed by atoms with Crippen molar-refractivity contribution in [3.05, 3.63) is 29.8 Å². The molecule has 0 radical (unpaired) electrons. The standard InChI is InChI=1S/C16H24N2O2S/c1-4-17(5-2)9-10-18-15(19)12-21-16(18)13-7-6-8-14(11-13)20-3/h6-8,11,16H,4-5,9-10,12H2,1-3H3. The van der Waals surface area contributed by atoms with Crippen molar-refractivity contribution in [2.24, 2.45) is 0 Å². The number of hydrogen-bond acceptors (Lipinski definition) is 4. The predicted molar refractivity (Wildman–Crippen MR) is 87.7 cm³/mol. The van der Waals surface area contributed by atoms with Crippen molar-refractivity contribution < 1.29 is 9.53 Å². The SMILES string of the molecule is CCN(CC)CCN1C(=O)CSC1c1cccc(OC)c1. The van der Waals surface area contributed by atoms with Gasteiger partial charge < -0.3 is 14.5 Å². The summed E-state index contributed by atoms with van der Waals surface area (Å²) in [6, 6.07) is 8.02. The molecule has 1 aliphatic heterocycles. The Morgan fingerprint density at radius 1 is 1.38 bits per heavy atom. The second kappa shape index (κ2) is 7.71. The second-order valence-electron chi connectivity index (χ2n) is 5.05. The Hall–Kier alpha value is -1.20. The molecule has 1 amide bonds. The van der Waals surface area contributed by atoms with E-state index in [1.807, 2.05) is 23.1 Å². The molecule has 1 saturated heterocycles. The van der Waals surface area contributed by atoms with E-state index in [0.717, 1.165) is 37.5 Å². The molecule has 0 bridgehead atoms. The van der Waals surface area contributed by atoms with Crippen LogP contribution < -0.4 is 4.74 Å². The van der Waals surface area contributed by atoms with Crippen LogP contribution in [-0.4, -0.2) is 54.7 Å². The Bertz CT molecular complexity index is 477. The second-order valence-corrected chi connectivity index (χ2v) is 6.12. The van der Waals surface area contributed by atoms with E-state index in [2.05, 4.69) is 24.8 Å². The van der Waals surface area contributed by atoms with Gasteiger partial charge in [0.2, 0.25) is 5.91 Å². The van der Waals surface area contributed by atoms with Crippen LogP contribution in [0.25, 0.3) is 0 Å². The van der Waals surface area contributed by atoms with Gasteiger partial charge in [-0.2, -0.15) is 0 Å². The quantitative estimate of drug-likeness (QED) is 0.775. The summed E-state index contributed by atoms with van der Waals surface area (Å²) >= 11 is 1.70. The van der Waals surface area contributed by atoms with Crippen molar-refractivity contribution in [2.45, 2.75) is 19.2 Å². The number of likely N-dealkylation sites (N-methyl/N-ethyl adjacent to an activating group) is 1. The fourth-order valence-electron chi connectivity index (χ4n) is 2.56. The van der Waals surface area contributed by atoms with Crippen LogP contribution in [-0.2, 0) is 4.79 Å². The lowest BCUT2D eigenvalue weighted by Crippen LogP contribution is -2.37. The van der Waals surface area contributed by atoms with E-state index in [-0.39, 0.29) is 11.3 Å². The number of hydrogen-bond donors (Lipinski definition) is 0. The third kappa shape index (κ3) is 3.92. The van der Waals surface area contributed by atoms with Crippen molar-refractivity contribution in [2.75, 3.05) is 39.0 Å². The highest BCUT2D eigenvalue weighted by Gasteiger charge is 2.32. The van der Waals surface area contributed by atoms with E-state index in [0.29, 0.717) is 5.75 Å². The molecule has 1 aromatic carbocycles. The van der Waals surface area contributed by atoms with Crippen LogP contribution in [0.15, 0.2) is 24.3 Å². The molecule has 0 spiro atoms. The van der Waals surface area contributed by atoms with Gasteiger partial charge in [-0.05, 0) is 30.8 Å². The maximum Gasteiger partial charge on any atom is 0.233 e. The monoisotopic (exact) mass is 308 g/mol. The number of carbonyl (C=O) groups excluding carboxylic acids is 1. The average Bonchev–Trinajstić information content (AvgIpc) is 2.89. The van der Waals surface area contributed by atoms with Crippen LogP contribution >= 0.6 is 11.8 Å². The van der Waals surface area contributed by atoms with Crippen LogP contribution in [0.4, 0.5) is 0 Å². The first-order valence-electron chi connectivity index (χ1n) is 7.47. The van der Waals surface area contributed by atoms with Crippen LogP contribution in [0.2, 0.25) is 0 Å². The Balaban J connectivity index is 2.08. The molecule has 1 unspecified atom stereocenters. The van der Waals surface area contributed by atoms with Crippen LogP contribution in [0.1, 0.15) is 24.8 Å². The van der Waals surface area contributed by atoms with E-state index in [4.69, 9.17) is 4.74 Å². The lowest BCUT2D eigenvalue weighted by Gasteiger charge is -2.27. The molecular formula is C16H24N2O2S. The zero-order chi connectivity index (χ0) is 15.2. The van der Waals surface area contributed by atoms with Crippen LogP contribution in [0.3, 0.4) is 0 Å². The summed E-state index contributed by atoms with van der Waals surface area (Å²) in [5, 5.41) is 0.114. The van der Waals surface area contributed by atoms with Crippen LogP contribution in [0.5, 0.6) is 5.75 Å². The van der Waals surface area contributed by atoms with E-state index < -0.39 is 0 Å². The number of thioether (sulfide) groups is 1. The first-order valence-corrected chi connectivity index (χ1v) is 8.51. The van der Waals surface area contributed by atoms with Gasteiger partial charge >= 0.3 is 0 Å². The molecule has 0 aromatic heterocycles. The Morgan fingerprint density at radius 3 is 2.81 bits per heavy atom. The molecular weight excluding hydrogens is 284 g/mol. The summed E-state index contributed by atoms with van der Waals surface area (Å²) in [5.41, 5.74) is 1.14. The van der Waals surface area contributed by atoms with Crippen molar-refractivity contribution in [3.63, 3.8) is 0 Å². The van der Waals surface area contributed by atoms with Gasteiger partial charge in [-0.1, -0.05) is 26.0 Å². The van der Waals surface area contributed by atoms with Gasteiger partial charge in [0.1, 0.15) is 11.1 Å². The molecule has 1 heterocycles. The largest absolute Gasteiger partial charge is 0.497 e. The molecule has 0 saturated carbocycles. The molecule has 0 aliphatic carbocycles. The summed E-state index contributed by atoms with van der Waals surface area (Å²) in [6.45, 7) is 8.08. The maximum atomic E-state index is 12.2. The zero-order valence-electron chi connectivity index (χ0n) is 13.0. The van der Waals surface area contributed by atoms with Gasteiger partial charge in [0.05, 0.1) is 12.9 Å². The lowest BCUT2D eigenvalue weighted by atomic mass is 10.2. The van der Waals surface area contributed by atoms with E-state index in [1.54, 1.807) is 18.9 Å². The first kappa shape index (κ1) is 16.2. The number of methoxy groups -OCH3 is 1. The number of benzene rings is 1. The topological polar surface area (TPSA) is 32.8 Å². The summed E-state index contributed by atoms with van der Waals surface area (Å²) in [6.07, 6.45) is 0. The first-order chi connectivity index (χ1) is 10.2. The third-order valence-corrected chi connectivity index (χ3v) is 5.15. The number of amides is 1. The number of nitrogens with zero attached hydrogens (tertiary/aromatic N) is 2. The number of ether oxygens (including phenoxy) is 1. The van der Waals surface area contributed by atoms with Gasteiger partial charge in [-0.15, -0.1) is 11.8 Å². The van der Waals surface area contributed by atoms with Gasteiger partial charge in [-0.3, -0.25) is 4.79 Å². The molecule has 2 rings (SSSR count). The predicted octanol–water partition coefficient (Wildman–Crippen LogP) is 2.61. The smallest absolute Gasteiger partial charge is 0.233 e. The highest BCUT2D eigenvalue weighted by atomic mass is 32.2. The highest BCUT2D eigenvalue weighted by molar-refractivity contribution is 8.00. The Morgan fingerprint density at radius 2 is 2.14 bits per heavy atom. The molecule has 1 fully saturated rings. The highest BCUT2D eigenvalue weighted by Crippen LogP contribution is 2.39. The molecule has 1 aromatic rings. The molecule has 21 heavy (non-hydrogen) atoms. The van der Waals surface area contributed by atoms with Crippen LogP contribution in [0, 0.1) is 0 Å². The average molecular weight is 308 g/mol. The lowest BCUT2D eigenvalue weighted by molar-refractivity contribution is -0.128. The van der Waals surface area contributed by atoms with E-state index >= 15 is 0 Å². The summed E-state index contributed by atoms with van der Waals surface area (Å²) in [4.78, 5) is 16.5. The maximum absolute atomic E-state index is 12.2. The summed E-state index contributed by atoms with van der Waals surface area (Å²) in [5.74, 6) is 1.65. The molecule has 116 valence electrons. The number of rotatable bonds is 7. The molecule has 0 N–H and O–H groups in total. The van der Waals surface area contributed by atoms with E-state index in [9.17, 15) is 4.79 Å². The van der Waals surface area contributed by atoms with Gasteiger partial charge in [0.25, 0.3) is 0 Å². The normalized spacial score (nSPS) is 18.6. The van der Waals surface area contributed by atoms with Gasteiger partial charge in [0, 0.05) is 13.1 Å². The molecule has 5 heteroatoms. The third-order valence-electron chi connectivity index (χ3n) is 3.90. The van der Waals surface area contributed by atoms with Crippen molar-refractivity contribution in [1.29, 1.82) is 0 Å². The fraction of sp³-hybridized carbons (Fsp3) is 0.562. The molecule has 4 nitrogen and oxygen atoms in total. The number of carbonyl (C=O) groups is 1. The minimum atomic E-state index is 0.114. The van der Waals surface area contributed by atoms with Crippen molar-refractivity contribution in [1.82, 2.24) is 9.80 Å². The van der Waals surface area contributed by atoms with E-state index in [1.165, 1.54) is 0 Å². The minimum Gasteiger partial charge on any atom is -0.497 e. The van der Waals surface area contributed by atoms with Gasteiger partial charge in [-0.25, -0.2) is 0 Å². The summed E-state index contributed by atoms with van der Waals surface area (Å²) in [7, 11) is 1.67. The van der Waals surface area contributed by atoms with Gasteiger partial charge in [0.15, 0.2) is 0 Å². The van der Waals surface area contributed by atoms with Crippen molar-refractivity contribution >= 4 is 17.7 Å². The zero-order valence-corrected chi connectivity index (χ0v) is 13.9. The Labute approximate surface area is 131 Å². The fourth-order valence-corrected chi connectivity index (χ4v) is 3.76. The molecule has 1 aliphatic rings. The summed E-state index contributed by atoms with van der Waals surface area (Å²) < 4.78 is 5.29. The molecule has 1 atom stereocenters. The Kier molecular flexibility index (Phi) is 5.94. The van der Waals surface area contributed by atoms with Crippen molar-refractivity contribution in [3.8, 4) is 5.75 Å².